The number of hydrogen-bond donors (Lipinski definition) is 1. The number of aromatic nitrogens is 1. The Morgan fingerprint density at radius 1 is 1.09 bits per heavy atom. The number of benzene rings is 1. The summed E-state index contributed by atoms with van der Waals surface area (Å²) in [6.45, 7) is 10.1. The molecule has 1 aliphatic rings. The van der Waals surface area contributed by atoms with Crippen LogP contribution in [0.1, 0.15) is 30.7 Å². The summed E-state index contributed by atoms with van der Waals surface area (Å²) in [5, 5.41) is 12.7. The molecule has 0 atom stereocenters. The van der Waals surface area contributed by atoms with Gasteiger partial charge in [0.1, 0.15) is 11.9 Å². The van der Waals surface area contributed by atoms with E-state index in [4.69, 9.17) is 0 Å². The van der Waals surface area contributed by atoms with Gasteiger partial charge < -0.3 is 5.32 Å². The smallest absolute Gasteiger partial charge is 0.282 e. The molecule has 0 bridgehead atoms. The van der Waals surface area contributed by atoms with E-state index in [1.54, 1.807) is 0 Å². The largest absolute Gasteiger partial charge is 0.310 e. The van der Waals surface area contributed by atoms with E-state index in [1.807, 2.05) is 67.5 Å². The standard InChI is InChI=1S/C23H32N6O3S/c1-5-27(6-2)33(31,32)28-14-12-26(13-15-28)17-22(30)25-23-21(16-24)18(3)19(4)29(23)20-10-8-7-9-11-20/h7-11H,5-6,12-15,17H2,1-4H3,(H,25,30). The van der Waals surface area contributed by atoms with Crippen LogP contribution in [-0.2, 0) is 15.0 Å². The normalized spacial score (nSPS) is 15.5. The van der Waals surface area contributed by atoms with Crippen LogP contribution >= 0.6 is 0 Å². The van der Waals surface area contributed by atoms with Gasteiger partial charge in [-0.2, -0.15) is 22.3 Å². The summed E-state index contributed by atoms with van der Waals surface area (Å²) in [5.41, 5.74) is 3.03. The number of carbonyl (C=O) groups excluding carboxylic acids is 1. The molecule has 1 amide bonds. The number of nitrogens with one attached hydrogen (secondary N) is 1. The summed E-state index contributed by atoms with van der Waals surface area (Å²) in [4.78, 5) is 14.9. The first-order valence-corrected chi connectivity index (χ1v) is 12.6. The molecule has 1 aliphatic heterocycles. The van der Waals surface area contributed by atoms with Crippen molar-refractivity contribution >= 4 is 21.9 Å². The van der Waals surface area contributed by atoms with Crippen LogP contribution in [0.15, 0.2) is 30.3 Å². The van der Waals surface area contributed by atoms with E-state index < -0.39 is 10.2 Å². The first kappa shape index (κ1) is 24.9. The molecular weight excluding hydrogens is 440 g/mol. The highest BCUT2D eigenvalue weighted by Crippen LogP contribution is 2.29. The molecule has 2 aromatic rings. The Balaban J connectivity index is 1.71. The van der Waals surface area contributed by atoms with Crippen molar-refractivity contribution in [1.82, 2.24) is 18.1 Å². The minimum absolute atomic E-state index is 0.127. The molecule has 9 nitrogen and oxygen atoms in total. The molecular formula is C23H32N6O3S. The number of para-hydroxylation sites is 1. The predicted octanol–water partition coefficient (Wildman–Crippen LogP) is 2.11. The Bertz CT molecular complexity index is 1130. The van der Waals surface area contributed by atoms with E-state index in [2.05, 4.69) is 11.4 Å². The number of amides is 1. The predicted molar refractivity (Wildman–Crippen MR) is 128 cm³/mol. The number of carbonyl (C=O) groups is 1. The summed E-state index contributed by atoms with van der Waals surface area (Å²) in [5.74, 6) is 0.229. The van der Waals surface area contributed by atoms with E-state index in [0.29, 0.717) is 50.6 Å². The van der Waals surface area contributed by atoms with Gasteiger partial charge in [-0.1, -0.05) is 32.0 Å². The van der Waals surface area contributed by atoms with E-state index in [-0.39, 0.29) is 12.5 Å². The zero-order valence-electron chi connectivity index (χ0n) is 19.7. The second-order valence-electron chi connectivity index (χ2n) is 8.03. The number of rotatable bonds is 8. The summed E-state index contributed by atoms with van der Waals surface area (Å²) in [6.07, 6.45) is 0. The van der Waals surface area contributed by atoms with E-state index in [9.17, 15) is 18.5 Å². The van der Waals surface area contributed by atoms with Gasteiger partial charge in [0.05, 0.1) is 12.1 Å². The molecule has 0 aliphatic carbocycles. The molecule has 1 aromatic heterocycles. The fraction of sp³-hybridized carbons (Fsp3) is 0.478. The quantitative estimate of drug-likeness (QED) is 0.634. The summed E-state index contributed by atoms with van der Waals surface area (Å²) < 4.78 is 30.2. The van der Waals surface area contributed by atoms with Crippen molar-refractivity contribution < 1.29 is 13.2 Å². The monoisotopic (exact) mass is 472 g/mol. The zero-order chi connectivity index (χ0) is 24.2. The van der Waals surface area contributed by atoms with Gasteiger partial charge in [0.2, 0.25) is 5.91 Å². The molecule has 178 valence electrons. The second kappa shape index (κ2) is 10.5. The fourth-order valence-corrected chi connectivity index (χ4v) is 5.77. The number of nitrogens with zero attached hydrogens (tertiary/aromatic N) is 5. The topological polar surface area (TPSA) is 102 Å². The minimum atomic E-state index is -3.47. The lowest BCUT2D eigenvalue weighted by atomic mass is 10.2. The SMILES string of the molecule is CCN(CC)S(=O)(=O)N1CCN(CC(=O)Nc2c(C#N)c(C)c(C)n2-c2ccccc2)CC1. The highest BCUT2D eigenvalue weighted by molar-refractivity contribution is 7.86. The fourth-order valence-electron chi connectivity index (χ4n) is 4.17. The van der Waals surface area contributed by atoms with Crippen LogP contribution < -0.4 is 5.32 Å². The highest BCUT2D eigenvalue weighted by Gasteiger charge is 2.31. The first-order chi connectivity index (χ1) is 15.7. The van der Waals surface area contributed by atoms with Crippen molar-refractivity contribution in [2.45, 2.75) is 27.7 Å². The van der Waals surface area contributed by atoms with Crippen molar-refractivity contribution in [3.63, 3.8) is 0 Å². The van der Waals surface area contributed by atoms with Gasteiger partial charge in [0.15, 0.2) is 0 Å². The van der Waals surface area contributed by atoms with Gasteiger partial charge in [-0.25, -0.2) is 0 Å². The molecule has 0 saturated carbocycles. The lowest BCUT2D eigenvalue weighted by Gasteiger charge is -2.35. The Morgan fingerprint density at radius 3 is 2.24 bits per heavy atom. The molecule has 1 N–H and O–H groups in total. The molecule has 10 heteroatoms. The average Bonchev–Trinajstić information content (AvgIpc) is 3.04. The van der Waals surface area contributed by atoms with Crippen LogP contribution in [0.5, 0.6) is 0 Å². The van der Waals surface area contributed by atoms with Crippen molar-refractivity contribution in [2.24, 2.45) is 0 Å². The van der Waals surface area contributed by atoms with Gasteiger partial charge in [-0.15, -0.1) is 0 Å². The summed E-state index contributed by atoms with van der Waals surface area (Å²) in [6, 6.07) is 11.8. The molecule has 0 unspecified atom stereocenters. The van der Waals surface area contributed by atoms with Gasteiger partial charge >= 0.3 is 0 Å². The first-order valence-electron chi connectivity index (χ1n) is 11.2. The molecule has 1 aromatic carbocycles. The van der Waals surface area contributed by atoms with Gasteiger partial charge in [0, 0.05) is 50.6 Å². The van der Waals surface area contributed by atoms with E-state index >= 15 is 0 Å². The van der Waals surface area contributed by atoms with Gasteiger partial charge in [-0.05, 0) is 31.5 Å². The molecule has 0 spiro atoms. The summed E-state index contributed by atoms with van der Waals surface area (Å²) >= 11 is 0. The minimum Gasteiger partial charge on any atom is -0.310 e. The zero-order valence-corrected chi connectivity index (χ0v) is 20.5. The third kappa shape index (κ3) is 5.12. The maximum absolute atomic E-state index is 12.9. The van der Waals surface area contributed by atoms with Crippen molar-refractivity contribution in [2.75, 3.05) is 51.1 Å². The number of nitriles is 1. The Morgan fingerprint density at radius 2 is 1.70 bits per heavy atom. The molecule has 2 heterocycles. The lowest BCUT2D eigenvalue weighted by molar-refractivity contribution is -0.117. The molecule has 0 radical (unpaired) electrons. The Hall–Kier alpha value is -2.71. The van der Waals surface area contributed by atoms with Crippen molar-refractivity contribution in [3.05, 3.63) is 47.2 Å². The molecule has 33 heavy (non-hydrogen) atoms. The number of anilines is 1. The van der Waals surface area contributed by atoms with Crippen LogP contribution in [0.25, 0.3) is 5.69 Å². The Labute approximate surface area is 196 Å². The maximum atomic E-state index is 12.9. The number of piperazine rings is 1. The van der Waals surface area contributed by atoms with Crippen molar-refractivity contribution in [3.8, 4) is 11.8 Å². The Kier molecular flexibility index (Phi) is 7.92. The summed E-state index contributed by atoms with van der Waals surface area (Å²) in [7, 11) is -3.47. The van der Waals surface area contributed by atoms with Crippen LogP contribution in [0.3, 0.4) is 0 Å². The molecule has 1 saturated heterocycles. The molecule has 1 fully saturated rings. The van der Waals surface area contributed by atoms with Gasteiger partial charge in [0.25, 0.3) is 10.2 Å². The van der Waals surface area contributed by atoms with Gasteiger partial charge in [-0.3, -0.25) is 14.3 Å². The highest BCUT2D eigenvalue weighted by atomic mass is 32.2. The van der Waals surface area contributed by atoms with E-state index in [1.165, 1.54) is 8.61 Å². The average molecular weight is 473 g/mol. The van der Waals surface area contributed by atoms with Crippen LogP contribution in [0.2, 0.25) is 0 Å². The third-order valence-corrected chi connectivity index (χ3v) is 8.34. The maximum Gasteiger partial charge on any atom is 0.282 e. The van der Waals surface area contributed by atoms with Crippen molar-refractivity contribution in [1.29, 1.82) is 5.26 Å². The lowest BCUT2D eigenvalue weighted by Crippen LogP contribution is -2.54. The molecule has 3 rings (SSSR count). The number of hydrogen-bond acceptors (Lipinski definition) is 5. The van der Waals surface area contributed by atoms with E-state index in [0.717, 1.165) is 16.9 Å². The van der Waals surface area contributed by atoms with Crippen LogP contribution in [0.4, 0.5) is 5.82 Å². The third-order valence-electron chi connectivity index (χ3n) is 6.15. The van der Waals surface area contributed by atoms with Crippen LogP contribution in [-0.4, -0.2) is 78.2 Å². The second-order valence-corrected chi connectivity index (χ2v) is 9.96. The van der Waals surface area contributed by atoms with Crippen LogP contribution in [0, 0.1) is 25.2 Å².